The van der Waals surface area contributed by atoms with Crippen LogP contribution >= 0.6 is 0 Å². The zero-order chi connectivity index (χ0) is 7.94. The number of rotatable bonds is 3. The average molecular weight is 151 g/mol. The van der Waals surface area contributed by atoms with Gasteiger partial charge in [-0.25, -0.2) is 0 Å². The molecule has 0 aliphatic heterocycles. The maximum atomic E-state index is 4.45. The van der Waals surface area contributed by atoms with Gasteiger partial charge in [0.25, 0.3) is 0 Å². The van der Waals surface area contributed by atoms with Gasteiger partial charge in [0.2, 0.25) is 0 Å². The van der Waals surface area contributed by atoms with E-state index in [9.17, 15) is 0 Å². The number of benzene rings is 1. The highest BCUT2D eigenvalue weighted by Gasteiger charge is 1.82. The third-order valence-corrected chi connectivity index (χ3v) is 1.05. The molecule has 11 heavy (non-hydrogen) atoms. The second kappa shape index (κ2) is 4.40. The predicted molar refractivity (Wildman–Crippen MR) is 41.1 cm³/mol. The lowest BCUT2D eigenvalue weighted by atomic mass is 10.3. The molecule has 0 saturated heterocycles. The lowest BCUT2D eigenvalue weighted by Gasteiger charge is -1.90. The molecule has 58 valence electrons. The molecule has 0 bridgehead atoms. The van der Waals surface area contributed by atoms with Gasteiger partial charge in [0, 0.05) is 0 Å². The molecular weight excluding hydrogens is 142 g/mol. The van der Waals surface area contributed by atoms with Crippen molar-refractivity contribution < 1.29 is 4.84 Å². The maximum Gasteiger partial charge on any atom is 0.0875 e. The highest BCUT2D eigenvalue weighted by atomic mass is 16.7. The Balaban J connectivity index is 2.50. The molecule has 4 heteroatoms. The van der Waals surface area contributed by atoms with Crippen molar-refractivity contribution in [2.24, 2.45) is 10.3 Å². The normalized spacial score (nSPS) is 10.3. The van der Waals surface area contributed by atoms with Crippen molar-refractivity contribution in [1.82, 2.24) is 5.59 Å². The summed E-state index contributed by atoms with van der Waals surface area (Å²) in [5.41, 5.74) is 3.04. The smallest absolute Gasteiger partial charge is 0.0875 e. The monoisotopic (exact) mass is 151 g/mol. The van der Waals surface area contributed by atoms with Crippen LogP contribution in [0.15, 0.2) is 40.7 Å². The van der Waals surface area contributed by atoms with Crippen molar-refractivity contribution in [3.05, 3.63) is 30.3 Å². The second-order valence-corrected chi connectivity index (χ2v) is 1.83. The highest BCUT2D eigenvalue weighted by Crippen LogP contribution is 2.08. The van der Waals surface area contributed by atoms with Gasteiger partial charge in [-0.2, -0.15) is 5.59 Å². The number of nitrogens with one attached hydrogen (secondary N) is 1. The van der Waals surface area contributed by atoms with Crippen LogP contribution in [0.5, 0.6) is 0 Å². The van der Waals surface area contributed by atoms with E-state index in [2.05, 4.69) is 20.8 Å². The molecule has 1 aromatic carbocycles. The fourth-order valence-corrected chi connectivity index (χ4v) is 0.614. The van der Waals surface area contributed by atoms with E-state index in [0.29, 0.717) is 0 Å². The lowest BCUT2D eigenvalue weighted by Crippen LogP contribution is -1.99. The van der Waals surface area contributed by atoms with Gasteiger partial charge < -0.3 is 0 Å². The van der Waals surface area contributed by atoms with E-state index in [1.165, 1.54) is 7.11 Å². The fraction of sp³-hybridized carbons (Fsp3) is 0.143. The van der Waals surface area contributed by atoms with Gasteiger partial charge in [-0.15, -0.1) is 5.11 Å². The van der Waals surface area contributed by atoms with Crippen molar-refractivity contribution in [2.75, 3.05) is 7.11 Å². The van der Waals surface area contributed by atoms with Crippen molar-refractivity contribution >= 4 is 5.69 Å². The van der Waals surface area contributed by atoms with Gasteiger partial charge in [-0.1, -0.05) is 18.2 Å². The summed E-state index contributed by atoms with van der Waals surface area (Å²) in [5, 5.41) is 7.30. The molecule has 4 nitrogen and oxygen atoms in total. The molecule has 0 fully saturated rings. The van der Waals surface area contributed by atoms with Crippen LogP contribution in [-0.2, 0) is 4.84 Å². The standard InChI is InChI=1S/C7H9N3O/c1-11-10-9-8-7-5-3-2-4-6-7/h2-6H,1H3,(H,8,10). The number of nitrogens with zero attached hydrogens (tertiary/aromatic N) is 2. The summed E-state index contributed by atoms with van der Waals surface area (Å²) in [6.07, 6.45) is 0. The predicted octanol–water partition coefficient (Wildman–Crippen LogP) is 1.84. The first-order chi connectivity index (χ1) is 5.43. The summed E-state index contributed by atoms with van der Waals surface area (Å²) < 4.78 is 0. The molecule has 0 radical (unpaired) electrons. The summed E-state index contributed by atoms with van der Waals surface area (Å²) >= 11 is 0. The third kappa shape index (κ3) is 2.77. The van der Waals surface area contributed by atoms with Gasteiger partial charge in [0.1, 0.15) is 0 Å². The van der Waals surface area contributed by atoms with Gasteiger partial charge in [-0.3, -0.25) is 4.84 Å². The molecule has 1 N–H and O–H groups in total. The highest BCUT2D eigenvalue weighted by molar-refractivity contribution is 5.34. The quantitative estimate of drug-likeness (QED) is 0.529. The molecule has 0 atom stereocenters. The Hall–Kier alpha value is -1.42. The van der Waals surface area contributed by atoms with Crippen LogP contribution in [0.4, 0.5) is 5.69 Å². The fourth-order valence-electron chi connectivity index (χ4n) is 0.614. The van der Waals surface area contributed by atoms with Crippen LogP contribution in [-0.4, -0.2) is 7.11 Å². The van der Waals surface area contributed by atoms with E-state index >= 15 is 0 Å². The zero-order valence-corrected chi connectivity index (χ0v) is 6.19. The molecule has 0 aromatic heterocycles. The third-order valence-electron chi connectivity index (χ3n) is 1.05. The Morgan fingerprint density at radius 2 is 2.00 bits per heavy atom. The van der Waals surface area contributed by atoms with Crippen LogP contribution in [0.1, 0.15) is 0 Å². The van der Waals surface area contributed by atoms with E-state index in [4.69, 9.17) is 0 Å². The second-order valence-electron chi connectivity index (χ2n) is 1.83. The molecular formula is C7H9N3O. The van der Waals surface area contributed by atoms with Gasteiger partial charge in [0.15, 0.2) is 0 Å². The summed E-state index contributed by atoms with van der Waals surface area (Å²) in [4.78, 5) is 4.45. The molecule has 1 aromatic rings. The van der Waals surface area contributed by atoms with Crippen LogP contribution < -0.4 is 5.59 Å². The van der Waals surface area contributed by atoms with Crippen molar-refractivity contribution in [2.45, 2.75) is 0 Å². The molecule has 0 spiro atoms. The molecule has 1 rings (SSSR count). The minimum Gasteiger partial charge on any atom is -0.261 e. The SMILES string of the molecule is CONN=Nc1ccccc1. The molecule has 0 aliphatic rings. The van der Waals surface area contributed by atoms with Crippen LogP contribution in [0, 0.1) is 0 Å². The van der Waals surface area contributed by atoms with Crippen molar-refractivity contribution in [3.8, 4) is 0 Å². The van der Waals surface area contributed by atoms with Gasteiger partial charge in [-0.05, 0) is 17.4 Å². The zero-order valence-electron chi connectivity index (χ0n) is 6.19. The Kier molecular flexibility index (Phi) is 3.08. The Morgan fingerprint density at radius 1 is 1.27 bits per heavy atom. The summed E-state index contributed by atoms with van der Waals surface area (Å²) in [6.45, 7) is 0. The minimum atomic E-state index is 0.789. The first-order valence-electron chi connectivity index (χ1n) is 3.17. The molecule has 0 saturated carbocycles. The Bertz CT molecular complexity index is 222. The van der Waals surface area contributed by atoms with Crippen LogP contribution in [0.3, 0.4) is 0 Å². The first kappa shape index (κ1) is 7.68. The van der Waals surface area contributed by atoms with E-state index < -0.39 is 0 Å². The van der Waals surface area contributed by atoms with Gasteiger partial charge in [0.05, 0.1) is 12.8 Å². The van der Waals surface area contributed by atoms with Crippen molar-refractivity contribution in [3.63, 3.8) is 0 Å². The first-order valence-corrected chi connectivity index (χ1v) is 3.17. The Morgan fingerprint density at radius 3 is 2.64 bits per heavy atom. The van der Waals surface area contributed by atoms with E-state index in [0.717, 1.165) is 5.69 Å². The molecule has 0 heterocycles. The van der Waals surface area contributed by atoms with Crippen molar-refractivity contribution in [1.29, 1.82) is 0 Å². The van der Waals surface area contributed by atoms with E-state index in [1.54, 1.807) is 0 Å². The number of hydrogen-bond donors (Lipinski definition) is 1. The molecule has 0 unspecified atom stereocenters. The summed E-state index contributed by atoms with van der Waals surface area (Å²) in [5.74, 6) is 0. The van der Waals surface area contributed by atoms with E-state index in [1.807, 2.05) is 30.3 Å². The average Bonchev–Trinajstić information content (AvgIpc) is 2.07. The van der Waals surface area contributed by atoms with E-state index in [-0.39, 0.29) is 0 Å². The van der Waals surface area contributed by atoms with Crippen LogP contribution in [0.25, 0.3) is 0 Å². The molecule has 0 aliphatic carbocycles. The van der Waals surface area contributed by atoms with Gasteiger partial charge >= 0.3 is 0 Å². The summed E-state index contributed by atoms with van der Waals surface area (Å²) in [7, 11) is 1.48. The topological polar surface area (TPSA) is 46.0 Å². The number of hydrogen-bond acceptors (Lipinski definition) is 3. The van der Waals surface area contributed by atoms with Crippen LogP contribution in [0.2, 0.25) is 0 Å². The minimum absolute atomic E-state index is 0.789. The molecule has 0 amide bonds. The Labute approximate surface area is 64.8 Å². The largest absolute Gasteiger partial charge is 0.261 e. The maximum absolute atomic E-state index is 4.45. The summed E-state index contributed by atoms with van der Waals surface area (Å²) in [6, 6.07) is 9.40. The lowest BCUT2D eigenvalue weighted by molar-refractivity contribution is 0.0885.